The zero-order chi connectivity index (χ0) is 18.8. The molecule has 0 spiro atoms. The molecule has 0 aliphatic carbocycles. The van der Waals surface area contributed by atoms with E-state index in [2.05, 4.69) is 10.3 Å². The highest BCUT2D eigenvalue weighted by Gasteiger charge is 2.22. The number of benzene rings is 2. The fourth-order valence-corrected chi connectivity index (χ4v) is 3.42. The Hall–Kier alpha value is -3.12. The summed E-state index contributed by atoms with van der Waals surface area (Å²) >= 11 is 0. The van der Waals surface area contributed by atoms with Gasteiger partial charge in [-0.05, 0) is 41.7 Å². The lowest BCUT2D eigenvalue weighted by Crippen LogP contribution is -2.24. The topological polar surface area (TPSA) is 84.6 Å². The highest BCUT2D eigenvalue weighted by Crippen LogP contribution is 2.32. The predicted molar refractivity (Wildman–Crippen MR) is 99.7 cm³/mol. The molecule has 3 aromatic rings. The monoisotopic (exact) mass is 364 g/mol. The second-order valence-electron chi connectivity index (χ2n) is 6.53. The van der Waals surface area contributed by atoms with Crippen molar-refractivity contribution in [2.24, 2.45) is 0 Å². The minimum atomic E-state index is -0.141. The number of hydrogen-bond donors (Lipinski definition) is 2. The Balaban J connectivity index is 1.69. The minimum Gasteiger partial charge on any atom is -0.491 e. The van der Waals surface area contributed by atoms with Gasteiger partial charge in [0.15, 0.2) is 6.39 Å². The molecule has 1 aromatic heterocycles. The quantitative estimate of drug-likeness (QED) is 0.744. The van der Waals surface area contributed by atoms with Gasteiger partial charge in [0.1, 0.15) is 24.3 Å². The molecule has 2 N–H and O–H groups in total. The van der Waals surface area contributed by atoms with Crippen molar-refractivity contribution in [3.05, 3.63) is 70.8 Å². The van der Waals surface area contributed by atoms with Gasteiger partial charge >= 0.3 is 0 Å². The van der Waals surface area contributed by atoms with Crippen molar-refractivity contribution in [1.82, 2.24) is 10.3 Å². The smallest absolute Gasteiger partial charge is 0.255 e. The third-order valence-electron chi connectivity index (χ3n) is 4.86. The summed E-state index contributed by atoms with van der Waals surface area (Å²) in [6, 6.07) is 9.83. The van der Waals surface area contributed by atoms with Gasteiger partial charge < -0.3 is 19.6 Å². The Bertz CT molecular complexity index is 963. The SMILES string of the molecule is Cc1c(CO)c(Cc2ccc(-c3cocn3)cc2)cc2c1OCCNC2=O. The Kier molecular flexibility index (Phi) is 4.64. The van der Waals surface area contributed by atoms with E-state index in [1.165, 1.54) is 6.39 Å². The van der Waals surface area contributed by atoms with E-state index < -0.39 is 0 Å². The standard InChI is InChI=1S/C21H20N2O4/c1-13-18(10-24)16(9-17-20(13)27-7-6-22-21(17)25)8-14-2-4-15(5-3-14)19-11-26-12-23-19/h2-5,9,11-12,24H,6-8,10H2,1H3,(H,22,25). The van der Waals surface area contributed by atoms with Gasteiger partial charge in [-0.3, -0.25) is 4.79 Å². The summed E-state index contributed by atoms with van der Waals surface area (Å²) in [5.74, 6) is 0.428. The fourth-order valence-electron chi connectivity index (χ4n) is 3.42. The number of amides is 1. The van der Waals surface area contributed by atoms with Crippen LogP contribution in [-0.2, 0) is 13.0 Å². The molecule has 1 aliphatic rings. The van der Waals surface area contributed by atoms with Crippen molar-refractivity contribution in [2.45, 2.75) is 20.0 Å². The third-order valence-corrected chi connectivity index (χ3v) is 4.86. The maximum Gasteiger partial charge on any atom is 0.255 e. The van der Waals surface area contributed by atoms with E-state index in [0.29, 0.717) is 30.9 Å². The van der Waals surface area contributed by atoms with Gasteiger partial charge in [0.05, 0.1) is 18.7 Å². The van der Waals surface area contributed by atoms with Crippen LogP contribution in [0, 0.1) is 6.92 Å². The van der Waals surface area contributed by atoms with E-state index >= 15 is 0 Å². The molecular weight excluding hydrogens is 344 g/mol. The molecule has 0 radical (unpaired) electrons. The average molecular weight is 364 g/mol. The zero-order valence-electron chi connectivity index (χ0n) is 15.0. The van der Waals surface area contributed by atoms with Crippen molar-refractivity contribution in [3.63, 3.8) is 0 Å². The van der Waals surface area contributed by atoms with Gasteiger partial charge in [-0.2, -0.15) is 0 Å². The van der Waals surface area contributed by atoms with Crippen LogP contribution in [-0.4, -0.2) is 29.1 Å². The highest BCUT2D eigenvalue weighted by atomic mass is 16.5. The molecule has 1 amide bonds. The number of aromatic nitrogens is 1. The summed E-state index contributed by atoms with van der Waals surface area (Å²) < 4.78 is 10.8. The number of aliphatic hydroxyl groups excluding tert-OH is 1. The summed E-state index contributed by atoms with van der Waals surface area (Å²) in [7, 11) is 0. The van der Waals surface area contributed by atoms with Crippen LogP contribution in [0.3, 0.4) is 0 Å². The van der Waals surface area contributed by atoms with Crippen LogP contribution < -0.4 is 10.1 Å². The maximum absolute atomic E-state index is 12.4. The molecule has 0 atom stereocenters. The van der Waals surface area contributed by atoms with Crippen LogP contribution in [0.4, 0.5) is 0 Å². The van der Waals surface area contributed by atoms with Crippen LogP contribution in [0.5, 0.6) is 5.75 Å². The lowest BCUT2D eigenvalue weighted by molar-refractivity contribution is 0.0957. The third kappa shape index (κ3) is 3.31. The second kappa shape index (κ2) is 7.25. The molecule has 0 bridgehead atoms. The van der Waals surface area contributed by atoms with Crippen LogP contribution in [0.25, 0.3) is 11.3 Å². The Labute approximate surface area is 156 Å². The van der Waals surface area contributed by atoms with Crippen molar-refractivity contribution in [3.8, 4) is 17.0 Å². The van der Waals surface area contributed by atoms with E-state index in [-0.39, 0.29) is 12.5 Å². The van der Waals surface area contributed by atoms with Gasteiger partial charge in [-0.1, -0.05) is 24.3 Å². The van der Waals surface area contributed by atoms with Gasteiger partial charge in [0.25, 0.3) is 5.91 Å². The number of ether oxygens (including phenoxy) is 1. The first-order valence-corrected chi connectivity index (χ1v) is 8.82. The molecular formula is C21H20N2O4. The summed E-state index contributed by atoms with van der Waals surface area (Å²) in [6.45, 7) is 2.68. The van der Waals surface area contributed by atoms with Crippen LogP contribution in [0.1, 0.15) is 32.6 Å². The number of fused-ring (bicyclic) bond motifs is 1. The normalized spacial score (nSPS) is 13.5. The number of aliphatic hydroxyl groups is 1. The van der Waals surface area contributed by atoms with E-state index in [4.69, 9.17) is 9.15 Å². The van der Waals surface area contributed by atoms with Crippen molar-refractivity contribution >= 4 is 5.91 Å². The van der Waals surface area contributed by atoms with Gasteiger partial charge in [0.2, 0.25) is 0 Å². The molecule has 0 saturated heterocycles. The molecule has 4 rings (SSSR count). The summed E-state index contributed by atoms with van der Waals surface area (Å²) in [4.78, 5) is 16.5. The highest BCUT2D eigenvalue weighted by molar-refractivity contribution is 5.98. The number of rotatable bonds is 4. The molecule has 2 aromatic carbocycles. The van der Waals surface area contributed by atoms with Crippen molar-refractivity contribution in [2.75, 3.05) is 13.2 Å². The van der Waals surface area contributed by atoms with E-state index in [0.717, 1.165) is 33.5 Å². The van der Waals surface area contributed by atoms with Gasteiger partial charge in [-0.25, -0.2) is 4.98 Å². The number of carbonyl (C=O) groups excluding carboxylic acids is 1. The van der Waals surface area contributed by atoms with Crippen molar-refractivity contribution in [1.29, 1.82) is 0 Å². The van der Waals surface area contributed by atoms with Gasteiger partial charge in [-0.15, -0.1) is 0 Å². The summed E-state index contributed by atoms with van der Waals surface area (Å²) in [5, 5.41) is 12.7. The lowest BCUT2D eigenvalue weighted by atomic mass is 9.92. The van der Waals surface area contributed by atoms with Crippen LogP contribution in [0.15, 0.2) is 47.4 Å². The molecule has 0 fully saturated rings. The van der Waals surface area contributed by atoms with Crippen molar-refractivity contribution < 1.29 is 19.1 Å². The van der Waals surface area contributed by atoms with Gasteiger partial charge in [0, 0.05) is 5.56 Å². The fraction of sp³-hybridized carbons (Fsp3) is 0.238. The van der Waals surface area contributed by atoms with Crippen LogP contribution >= 0.6 is 0 Å². The van der Waals surface area contributed by atoms with E-state index in [1.54, 1.807) is 6.26 Å². The number of nitrogens with zero attached hydrogens (tertiary/aromatic N) is 1. The molecule has 0 unspecified atom stereocenters. The molecule has 6 heteroatoms. The molecule has 0 saturated carbocycles. The molecule has 138 valence electrons. The first kappa shape index (κ1) is 17.3. The Morgan fingerprint density at radius 3 is 2.78 bits per heavy atom. The first-order chi connectivity index (χ1) is 13.2. The number of carbonyl (C=O) groups is 1. The van der Waals surface area contributed by atoms with E-state index in [9.17, 15) is 9.90 Å². The average Bonchev–Trinajstić information content (AvgIpc) is 3.15. The summed E-state index contributed by atoms with van der Waals surface area (Å²) in [5.41, 5.74) is 5.91. The van der Waals surface area contributed by atoms with E-state index in [1.807, 2.05) is 37.3 Å². The molecule has 6 nitrogen and oxygen atoms in total. The minimum absolute atomic E-state index is 0.101. The number of nitrogens with one attached hydrogen (secondary N) is 1. The largest absolute Gasteiger partial charge is 0.491 e. The number of oxazole rings is 1. The first-order valence-electron chi connectivity index (χ1n) is 8.82. The maximum atomic E-state index is 12.4. The second-order valence-corrected chi connectivity index (χ2v) is 6.53. The Morgan fingerprint density at radius 1 is 1.26 bits per heavy atom. The molecule has 2 heterocycles. The number of hydrogen-bond acceptors (Lipinski definition) is 5. The Morgan fingerprint density at radius 2 is 2.07 bits per heavy atom. The van der Waals surface area contributed by atoms with Crippen LogP contribution in [0.2, 0.25) is 0 Å². The molecule has 1 aliphatic heterocycles. The summed E-state index contributed by atoms with van der Waals surface area (Å²) in [6.07, 6.45) is 3.62. The molecule has 27 heavy (non-hydrogen) atoms. The lowest BCUT2D eigenvalue weighted by Gasteiger charge is -2.17. The predicted octanol–water partition coefficient (Wildman–Crippen LogP) is 2.86. The zero-order valence-corrected chi connectivity index (χ0v) is 15.0.